The molecule has 0 bridgehead atoms. The lowest BCUT2D eigenvalue weighted by Gasteiger charge is -2.21. The summed E-state index contributed by atoms with van der Waals surface area (Å²) in [6.45, 7) is 10.1. The van der Waals surface area contributed by atoms with E-state index >= 15 is 0 Å². The molecule has 0 aliphatic carbocycles. The van der Waals surface area contributed by atoms with Gasteiger partial charge in [0.25, 0.3) is 5.56 Å². The molecule has 36 heavy (non-hydrogen) atoms. The van der Waals surface area contributed by atoms with Gasteiger partial charge in [0.15, 0.2) is 11.5 Å². The van der Waals surface area contributed by atoms with Gasteiger partial charge in [0, 0.05) is 11.6 Å². The first-order valence-corrected chi connectivity index (χ1v) is 11.7. The molecule has 2 aromatic carbocycles. The molecule has 1 N–H and O–H groups in total. The molecule has 9 heteroatoms. The van der Waals surface area contributed by atoms with E-state index in [1.807, 2.05) is 53.2 Å². The molecular weight excluding hydrogens is 454 g/mol. The molecule has 0 radical (unpaired) electrons. The molecular formula is C27H27N7O2. The van der Waals surface area contributed by atoms with Crippen LogP contribution in [-0.4, -0.2) is 39.8 Å². The van der Waals surface area contributed by atoms with Gasteiger partial charge in [-0.3, -0.25) is 9.36 Å². The molecule has 0 unspecified atom stereocenters. The fraction of sp³-hybridized carbons (Fsp3) is 0.259. The van der Waals surface area contributed by atoms with Gasteiger partial charge >= 0.3 is 0 Å². The Morgan fingerprint density at radius 1 is 0.944 bits per heavy atom. The summed E-state index contributed by atoms with van der Waals surface area (Å²) in [4.78, 5) is 21.6. The molecule has 5 aromatic rings. The Morgan fingerprint density at radius 3 is 2.33 bits per heavy atom. The fourth-order valence-electron chi connectivity index (χ4n) is 4.42. The van der Waals surface area contributed by atoms with Crippen LogP contribution in [0.2, 0.25) is 0 Å². The van der Waals surface area contributed by atoms with E-state index in [0.717, 1.165) is 22.3 Å². The summed E-state index contributed by atoms with van der Waals surface area (Å²) in [5.74, 6) is 1.14. The minimum Gasteiger partial charge on any atom is -0.507 e. The van der Waals surface area contributed by atoms with Crippen LogP contribution in [0.25, 0.3) is 33.5 Å². The molecule has 0 spiro atoms. The monoisotopic (exact) mass is 481 g/mol. The van der Waals surface area contributed by atoms with Gasteiger partial charge < -0.3 is 5.11 Å². The van der Waals surface area contributed by atoms with Crippen LogP contribution in [0, 0.1) is 13.8 Å². The van der Waals surface area contributed by atoms with Crippen molar-refractivity contribution in [3.63, 3.8) is 0 Å². The molecule has 9 nitrogen and oxygen atoms in total. The molecule has 0 atom stereocenters. The van der Waals surface area contributed by atoms with Gasteiger partial charge in [-0.25, -0.2) is 14.6 Å². The first-order chi connectivity index (χ1) is 17.1. The van der Waals surface area contributed by atoms with Crippen LogP contribution < -0.4 is 5.56 Å². The normalized spacial score (nSPS) is 11.8. The number of pyridine rings is 1. The van der Waals surface area contributed by atoms with Crippen LogP contribution in [0.1, 0.15) is 37.9 Å². The lowest BCUT2D eigenvalue weighted by atomic mass is 9.97. The van der Waals surface area contributed by atoms with Gasteiger partial charge in [-0.15, -0.1) is 5.10 Å². The van der Waals surface area contributed by atoms with E-state index < -0.39 is 0 Å². The van der Waals surface area contributed by atoms with Gasteiger partial charge in [-0.1, -0.05) is 48.5 Å². The zero-order valence-corrected chi connectivity index (χ0v) is 20.9. The molecule has 0 fully saturated rings. The maximum absolute atomic E-state index is 12.8. The molecule has 0 amide bonds. The van der Waals surface area contributed by atoms with Crippen molar-refractivity contribution < 1.29 is 5.11 Å². The SMILES string of the molecule is Cc1nc(C)c2c(O)cc(=O)n(Cc3ccc(-c4ccccc4-c4nnnn4C(C)(C)C)cc3)c2n1. The molecule has 182 valence electrons. The second-order valence-corrected chi connectivity index (χ2v) is 9.84. The van der Waals surface area contributed by atoms with Crippen LogP contribution >= 0.6 is 0 Å². The number of fused-ring (bicyclic) bond motifs is 1. The summed E-state index contributed by atoms with van der Waals surface area (Å²) in [6.07, 6.45) is 0. The van der Waals surface area contributed by atoms with Gasteiger partial charge in [0.2, 0.25) is 0 Å². The Bertz CT molecular complexity index is 1640. The summed E-state index contributed by atoms with van der Waals surface area (Å²) < 4.78 is 3.39. The molecule has 0 saturated heterocycles. The molecule has 0 saturated carbocycles. The predicted molar refractivity (Wildman–Crippen MR) is 138 cm³/mol. The Kier molecular flexibility index (Phi) is 5.62. The third-order valence-electron chi connectivity index (χ3n) is 6.10. The van der Waals surface area contributed by atoms with Crippen molar-refractivity contribution >= 4 is 11.0 Å². The second-order valence-electron chi connectivity index (χ2n) is 9.84. The summed E-state index contributed by atoms with van der Waals surface area (Å²) in [7, 11) is 0. The first-order valence-electron chi connectivity index (χ1n) is 11.7. The molecule has 3 aromatic heterocycles. The highest BCUT2D eigenvalue weighted by Crippen LogP contribution is 2.33. The number of aromatic hydroxyl groups is 1. The van der Waals surface area contributed by atoms with Crippen molar-refractivity contribution in [2.75, 3.05) is 0 Å². The second kappa shape index (κ2) is 8.67. The van der Waals surface area contributed by atoms with E-state index in [9.17, 15) is 9.90 Å². The van der Waals surface area contributed by atoms with Gasteiger partial charge in [-0.2, -0.15) is 0 Å². The highest BCUT2D eigenvalue weighted by Gasteiger charge is 2.22. The maximum atomic E-state index is 12.8. The maximum Gasteiger partial charge on any atom is 0.256 e. The number of rotatable bonds is 4. The number of hydrogen-bond donors (Lipinski definition) is 1. The Labute approximate surface area is 208 Å². The van der Waals surface area contributed by atoms with E-state index in [0.29, 0.717) is 34.9 Å². The largest absolute Gasteiger partial charge is 0.507 e. The van der Waals surface area contributed by atoms with Crippen molar-refractivity contribution in [2.45, 2.75) is 46.7 Å². The average molecular weight is 482 g/mol. The Balaban J connectivity index is 1.54. The van der Waals surface area contributed by atoms with Crippen molar-refractivity contribution in [3.8, 4) is 28.3 Å². The zero-order chi connectivity index (χ0) is 25.6. The minimum atomic E-state index is -0.319. The van der Waals surface area contributed by atoms with Gasteiger partial charge in [0.1, 0.15) is 11.6 Å². The number of aromatic nitrogens is 7. The van der Waals surface area contributed by atoms with Crippen LogP contribution in [0.5, 0.6) is 5.75 Å². The third kappa shape index (κ3) is 4.13. The third-order valence-corrected chi connectivity index (χ3v) is 6.10. The van der Waals surface area contributed by atoms with E-state index in [2.05, 4.69) is 46.3 Å². The van der Waals surface area contributed by atoms with Crippen molar-refractivity contribution in [2.24, 2.45) is 0 Å². The van der Waals surface area contributed by atoms with E-state index in [-0.39, 0.29) is 16.8 Å². The lowest BCUT2D eigenvalue weighted by Crippen LogP contribution is -2.24. The van der Waals surface area contributed by atoms with Gasteiger partial charge in [-0.05, 0) is 61.7 Å². The Hall–Kier alpha value is -4.40. The molecule has 0 aliphatic heterocycles. The lowest BCUT2D eigenvalue weighted by molar-refractivity contribution is 0.351. The van der Waals surface area contributed by atoms with E-state index in [4.69, 9.17) is 0 Å². The molecule has 5 rings (SSSR count). The summed E-state index contributed by atoms with van der Waals surface area (Å²) in [5, 5.41) is 23.3. The smallest absolute Gasteiger partial charge is 0.256 e. The predicted octanol–water partition coefficient (Wildman–Crippen LogP) is 4.24. The number of aryl methyl sites for hydroxylation is 2. The quantitative estimate of drug-likeness (QED) is 0.409. The highest BCUT2D eigenvalue weighted by molar-refractivity contribution is 5.84. The fourth-order valence-corrected chi connectivity index (χ4v) is 4.42. The van der Waals surface area contributed by atoms with Crippen LogP contribution in [-0.2, 0) is 12.1 Å². The van der Waals surface area contributed by atoms with Crippen molar-refractivity contribution in [1.29, 1.82) is 0 Å². The Morgan fingerprint density at radius 2 is 1.64 bits per heavy atom. The minimum absolute atomic E-state index is 0.103. The van der Waals surface area contributed by atoms with Crippen LogP contribution in [0.3, 0.4) is 0 Å². The van der Waals surface area contributed by atoms with E-state index in [1.165, 1.54) is 6.07 Å². The highest BCUT2D eigenvalue weighted by atomic mass is 16.3. The number of benzene rings is 2. The average Bonchev–Trinajstić information content (AvgIpc) is 3.32. The van der Waals surface area contributed by atoms with Crippen LogP contribution in [0.4, 0.5) is 0 Å². The number of nitrogens with zero attached hydrogens (tertiary/aromatic N) is 7. The summed E-state index contributed by atoms with van der Waals surface area (Å²) in [5.41, 5.74) is 4.36. The van der Waals surface area contributed by atoms with Crippen molar-refractivity contribution in [3.05, 3.63) is 82.0 Å². The summed E-state index contributed by atoms with van der Waals surface area (Å²) >= 11 is 0. The zero-order valence-electron chi connectivity index (χ0n) is 20.9. The first kappa shape index (κ1) is 23.3. The molecule has 0 aliphatic rings. The number of tetrazole rings is 1. The van der Waals surface area contributed by atoms with Crippen LogP contribution in [0.15, 0.2) is 59.4 Å². The van der Waals surface area contributed by atoms with E-state index in [1.54, 1.807) is 18.4 Å². The number of hydrogen-bond acceptors (Lipinski definition) is 7. The van der Waals surface area contributed by atoms with Gasteiger partial charge in [0.05, 0.1) is 23.2 Å². The topological polar surface area (TPSA) is 112 Å². The molecule has 3 heterocycles. The summed E-state index contributed by atoms with van der Waals surface area (Å²) in [6, 6.07) is 17.3. The van der Waals surface area contributed by atoms with Crippen molar-refractivity contribution in [1.82, 2.24) is 34.7 Å². The standard InChI is InChI=1S/C27H27N7O2/c1-16-24-22(35)14-23(36)33(26(24)29-17(2)28-16)15-18-10-12-19(13-11-18)20-8-6-7-9-21(20)25-30-31-32-34(25)27(3,4)5/h6-14,35H,15H2,1-5H3.